The molecule has 3 nitrogen and oxygen atoms in total. The molecule has 0 aliphatic carbocycles. The Labute approximate surface area is 107 Å². The van der Waals surface area contributed by atoms with E-state index in [1.165, 1.54) is 9.75 Å². The van der Waals surface area contributed by atoms with Crippen LogP contribution < -0.4 is 5.32 Å². The molecule has 2 aromatic heterocycles. The average molecular weight is 249 g/mol. The molecule has 0 saturated heterocycles. The van der Waals surface area contributed by atoms with Crippen molar-refractivity contribution in [2.75, 3.05) is 6.54 Å². The normalized spacial score (nSPS) is 11.2. The van der Waals surface area contributed by atoms with Gasteiger partial charge < -0.3 is 9.88 Å². The zero-order chi connectivity index (χ0) is 12.1. The fraction of sp³-hybridized carbons (Fsp3) is 0.462. The highest BCUT2D eigenvalue weighted by Gasteiger charge is 2.01. The molecule has 0 fully saturated rings. The predicted molar refractivity (Wildman–Crippen MR) is 72.2 cm³/mol. The monoisotopic (exact) mass is 249 g/mol. The van der Waals surface area contributed by atoms with Crippen molar-refractivity contribution in [3.05, 3.63) is 40.6 Å². The Morgan fingerprint density at radius 3 is 2.88 bits per heavy atom. The summed E-state index contributed by atoms with van der Waals surface area (Å²) in [4.78, 5) is 6.83. The zero-order valence-corrected chi connectivity index (χ0v) is 11.2. The number of hydrogen-bond donors (Lipinski definition) is 1. The lowest BCUT2D eigenvalue weighted by Crippen LogP contribution is -2.18. The average Bonchev–Trinajstić information content (AvgIpc) is 2.90. The van der Waals surface area contributed by atoms with Crippen molar-refractivity contribution in [2.24, 2.45) is 5.92 Å². The highest BCUT2D eigenvalue weighted by molar-refractivity contribution is 7.11. The minimum absolute atomic E-state index is 0.709. The molecule has 0 saturated carbocycles. The summed E-state index contributed by atoms with van der Waals surface area (Å²) in [5, 5.41) is 3.46. The minimum atomic E-state index is 0.709. The van der Waals surface area contributed by atoms with Crippen LogP contribution in [-0.2, 0) is 13.1 Å². The Morgan fingerprint density at radius 2 is 2.18 bits per heavy atom. The van der Waals surface area contributed by atoms with Crippen molar-refractivity contribution >= 4 is 11.3 Å². The van der Waals surface area contributed by atoms with Gasteiger partial charge in [0, 0.05) is 28.7 Å². The predicted octanol–water partition coefficient (Wildman–Crippen LogP) is 2.74. The minimum Gasteiger partial charge on any atom is -0.332 e. The topological polar surface area (TPSA) is 29.9 Å². The summed E-state index contributed by atoms with van der Waals surface area (Å²) < 4.78 is 2.09. The molecule has 0 spiro atoms. The molecule has 0 bridgehead atoms. The maximum atomic E-state index is 4.05. The van der Waals surface area contributed by atoms with Crippen LogP contribution in [0, 0.1) is 5.92 Å². The highest BCUT2D eigenvalue weighted by atomic mass is 32.1. The fourth-order valence-corrected chi connectivity index (χ4v) is 2.64. The second-order valence-corrected chi connectivity index (χ2v) is 5.88. The van der Waals surface area contributed by atoms with Crippen LogP contribution in [0.2, 0.25) is 0 Å². The van der Waals surface area contributed by atoms with Gasteiger partial charge in [-0.3, -0.25) is 0 Å². The fourth-order valence-electron chi connectivity index (χ4n) is 1.65. The zero-order valence-electron chi connectivity index (χ0n) is 10.4. The van der Waals surface area contributed by atoms with E-state index >= 15 is 0 Å². The summed E-state index contributed by atoms with van der Waals surface area (Å²) in [6.45, 7) is 7.44. The van der Waals surface area contributed by atoms with Crippen molar-refractivity contribution in [1.82, 2.24) is 14.9 Å². The van der Waals surface area contributed by atoms with E-state index in [1.807, 2.05) is 30.1 Å². The van der Waals surface area contributed by atoms with Gasteiger partial charge in [0.05, 0.1) is 12.9 Å². The third-order valence-corrected chi connectivity index (χ3v) is 3.54. The number of rotatable bonds is 6. The van der Waals surface area contributed by atoms with E-state index in [2.05, 4.69) is 40.8 Å². The van der Waals surface area contributed by atoms with Crippen molar-refractivity contribution in [3.8, 4) is 0 Å². The van der Waals surface area contributed by atoms with Crippen molar-refractivity contribution in [1.29, 1.82) is 0 Å². The molecule has 4 heteroatoms. The first-order valence-electron chi connectivity index (χ1n) is 5.98. The Kier molecular flexibility index (Phi) is 4.34. The van der Waals surface area contributed by atoms with Crippen LogP contribution in [0.15, 0.2) is 30.9 Å². The van der Waals surface area contributed by atoms with Gasteiger partial charge in [-0.25, -0.2) is 4.98 Å². The van der Waals surface area contributed by atoms with E-state index in [-0.39, 0.29) is 0 Å². The SMILES string of the molecule is CC(C)CNCc1ccc(Cn2ccnc2)s1. The van der Waals surface area contributed by atoms with Crippen LogP contribution in [0.3, 0.4) is 0 Å². The van der Waals surface area contributed by atoms with Crippen LogP contribution in [0.25, 0.3) is 0 Å². The summed E-state index contributed by atoms with van der Waals surface area (Å²) in [7, 11) is 0. The van der Waals surface area contributed by atoms with Crippen LogP contribution in [0.4, 0.5) is 0 Å². The van der Waals surface area contributed by atoms with Gasteiger partial charge in [0.2, 0.25) is 0 Å². The Hall–Kier alpha value is -1.13. The molecule has 92 valence electrons. The number of thiophene rings is 1. The van der Waals surface area contributed by atoms with Crippen molar-refractivity contribution in [2.45, 2.75) is 26.9 Å². The molecule has 0 aliphatic rings. The van der Waals surface area contributed by atoms with E-state index in [9.17, 15) is 0 Å². The largest absolute Gasteiger partial charge is 0.332 e. The first-order chi connectivity index (χ1) is 8.24. The Bertz CT molecular complexity index is 431. The molecule has 1 N–H and O–H groups in total. The molecular formula is C13H19N3S. The molecule has 0 amide bonds. The summed E-state index contributed by atoms with van der Waals surface area (Å²) in [6.07, 6.45) is 5.67. The lowest BCUT2D eigenvalue weighted by molar-refractivity contribution is 0.555. The van der Waals surface area contributed by atoms with Gasteiger partial charge in [-0.2, -0.15) is 0 Å². The summed E-state index contributed by atoms with van der Waals surface area (Å²) >= 11 is 1.87. The standard InChI is InChI=1S/C13H19N3S/c1-11(2)7-15-8-12-3-4-13(17-12)9-16-6-5-14-10-16/h3-6,10-11,15H,7-9H2,1-2H3. The van der Waals surface area contributed by atoms with Crippen LogP contribution in [-0.4, -0.2) is 16.1 Å². The van der Waals surface area contributed by atoms with Gasteiger partial charge in [0.15, 0.2) is 0 Å². The Morgan fingerprint density at radius 1 is 1.35 bits per heavy atom. The van der Waals surface area contributed by atoms with Crippen molar-refractivity contribution < 1.29 is 0 Å². The van der Waals surface area contributed by atoms with E-state index in [0.717, 1.165) is 19.6 Å². The number of imidazole rings is 1. The van der Waals surface area contributed by atoms with E-state index in [1.54, 1.807) is 0 Å². The summed E-state index contributed by atoms with van der Waals surface area (Å²) in [6, 6.07) is 4.42. The number of aromatic nitrogens is 2. The van der Waals surface area contributed by atoms with Crippen LogP contribution >= 0.6 is 11.3 Å². The van der Waals surface area contributed by atoms with Gasteiger partial charge in [-0.15, -0.1) is 11.3 Å². The first-order valence-corrected chi connectivity index (χ1v) is 6.79. The number of nitrogens with zero attached hydrogens (tertiary/aromatic N) is 2. The molecule has 2 heterocycles. The smallest absolute Gasteiger partial charge is 0.0949 e. The lowest BCUT2D eigenvalue weighted by Gasteiger charge is -2.05. The van der Waals surface area contributed by atoms with E-state index in [4.69, 9.17) is 0 Å². The molecule has 2 aromatic rings. The molecule has 0 unspecified atom stereocenters. The summed E-state index contributed by atoms with van der Waals surface area (Å²) in [5.74, 6) is 0.709. The highest BCUT2D eigenvalue weighted by Crippen LogP contribution is 2.17. The maximum absolute atomic E-state index is 4.05. The van der Waals surface area contributed by atoms with Gasteiger partial charge in [0.25, 0.3) is 0 Å². The van der Waals surface area contributed by atoms with Gasteiger partial charge >= 0.3 is 0 Å². The van der Waals surface area contributed by atoms with Crippen LogP contribution in [0.5, 0.6) is 0 Å². The molecule has 2 rings (SSSR count). The van der Waals surface area contributed by atoms with Gasteiger partial charge in [0.1, 0.15) is 0 Å². The molecule has 17 heavy (non-hydrogen) atoms. The number of hydrogen-bond acceptors (Lipinski definition) is 3. The Balaban J connectivity index is 1.83. The molecule has 0 atom stereocenters. The first kappa shape index (κ1) is 12.3. The molecule has 0 aromatic carbocycles. The van der Waals surface area contributed by atoms with Gasteiger partial charge in [-0.05, 0) is 24.6 Å². The number of nitrogens with one attached hydrogen (secondary N) is 1. The second kappa shape index (κ2) is 5.98. The van der Waals surface area contributed by atoms with Crippen LogP contribution in [0.1, 0.15) is 23.6 Å². The van der Waals surface area contributed by atoms with E-state index in [0.29, 0.717) is 5.92 Å². The van der Waals surface area contributed by atoms with Crippen molar-refractivity contribution in [3.63, 3.8) is 0 Å². The maximum Gasteiger partial charge on any atom is 0.0949 e. The molecular weight excluding hydrogens is 230 g/mol. The third-order valence-electron chi connectivity index (χ3n) is 2.47. The quantitative estimate of drug-likeness (QED) is 0.853. The molecule has 0 radical (unpaired) electrons. The second-order valence-electron chi connectivity index (χ2n) is 4.63. The summed E-state index contributed by atoms with van der Waals surface area (Å²) in [5.41, 5.74) is 0. The third kappa shape index (κ3) is 3.98. The lowest BCUT2D eigenvalue weighted by atomic mass is 10.2. The van der Waals surface area contributed by atoms with E-state index < -0.39 is 0 Å². The molecule has 0 aliphatic heterocycles. The van der Waals surface area contributed by atoms with Gasteiger partial charge in [-0.1, -0.05) is 13.8 Å².